The van der Waals surface area contributed by atoms with Crippen molar-refractivity contribution in [3.8, 4) is 0 Å². The normalized spacial score (nSPS) is 23.8. The van der Waals surface area contributed by atoms with Crippen LogP contribution in [0.25, 0.3) is 0 Å². The maximum atomic E-state index is 14.2. The second kappa shape index (κ2) is 3.51. The van der Waals surface area contributed by atoms with Crippen LogP contribution in [0.3, 0.4) is 0 Å². The molecule has 3 N–H and O–H groups in total. The quantitative estimate of drug-likeness (QED) is 0.722. The minimum Gasteiger partial charge on any atom is -0.320 e. The van der Waals surface area contributed by atoms with E-state index in [2.05, 4.69) is 0 Å². The Kier molecular flexibility index (Phi) is 2.21. The van der Waals surface area contributed by atoms with Gasteiger partial charge in [0.1, 0.15) is 5.82 Å². The number of nitrogens with zero attached hydrogens (tertiary/aromatic N) is 1. The summed E-state index contributed by atoms with van der Waals surface area (Å²) in [4.78, 5) is 11.5. The maximum Gasteiger partial charge on any atom is 0.267 e. The average molecular weight is 236 g/mol. The molecule has 1 amide bonds. The highest BCUT2D eigenvalue weighted by atomic mass is 19.1. The molecule has 0 aromatic heterocycles. The van der Waals surface area contributed by atoms with Gasteiger partial charge in [-0.25, -0.2) is 4.39 Å². The third-order valence-corrected chi connectivity index (χ3v) is 3.44. The zero-order valence-corrected chi connectivity index (χ0v) is 9.19. The highest BCUT2D eigenvalue weighted by Crippen LogP contribution is 2.43. The van der Waals surface area contributed by atoms with E-state index in [0.29, 0.717) is 22.1 Å². The van der Waals surface area contributed by atoms with Crippen molar-refractivity contribution < 1.29 is 14.4 Å². The Morgan fingerprint density at radius 1 is 1.41 bits per heavy atom. The largest absolute Gasteiger partial charge is 0.320 e. The summed E-state index contributed by atoms with van der Waals surface area (Å²) in [6.45, 7) is 0. The molecule has 0 unspecified atom stereocenters. The summed E-state index contributed by atoms with van der Waals surface area (Å²) in [5, 5.41) is 10.1. The molecule has 1 fully saturated rings. The lowest BCUT2D eigenvalue weighted by atomic mass is 9.95. The highest BCUT2D eigenvalue weighted by molar-refractivity contribution is 5.98. The Morgan fingerprint density at radius 2 is 2.12 bits per heavy atom. The standard InChI is InChI=1S/C12H13FN2O2/c13-11-7(6-1-2-6)3-4-10-8(11)5-9(14)12(16)15(10)17/h3-4,6,9,17H,1-2,5,14H2/t9-/m0/s1. The van der Waals surface area contributed by atoms with Crippen LogP contribution in [0.4, 0.5) is 10.1 Å². The van der Waals surface area contributed by atoms with Crippen molar-refractivity contribution in [1.82, 2.24) is 0 Å². The van der Waals surface area contributed by atoms with Gasteiger partial charge in [0.05, 0.1) is 11.7 Å². The fourth-order valence-electron chi connectivity index (χ4n) is 2.31. The van der Waals surface area contributed by atoms with Crippen LogP contribution in [0.15, 0.2) is 12.1 Å². The number of rotatable bonds is 1. The maximum absolute atomic E-state index is 14.2. The number of fused-ring (bicyclic) bond motifs is 1. The first-order valence-electron chi connectivity index (χ1n) is 5.69. The minimum absolute atomic E-state index is 0.150. The Labute approximate surface area is 97.8 Å². The van der Waals surface area contributed by atoms with Crippen molar-refractivity contribution in [3.05, 3.63) is 29.1 Å². The van der Waals surface area contributed by atoms with Gasteiger partial charge >= 0.3 is 0 Å². The number of carbonyl (C=O) groups excluding carboxylic acids is 1. The van der Waals surface area contributed by atoms with Crippen molar-refractivity contribution in [2.24, 2.45) is 5.73 Å². The number of hydroxylamine groups is 1. The van der Waals surface area contributed by atoms with E-state index in [0.717, 1.165) is 12.8 Å². The van der Waals surface area contributed by atoms with E-state index in [1.54, 1.807) is 12.1 Å². The summed E-state index contributed by atoms with van der Waals surface area (Å²) < 4.78 is 14.2. The van der Waals surface area contributed by atoms with Gasteiger partial charge in [0.2, 0.25) is 0 Å². The molecule has 1 aliphatic heterocycles. The zero-order valence-electron chi connectivity index (χ0n) is 9.19. The molecular formula is C12H13FN2O2. The monoisotopic (exact) mass is 236 g/mol. The highest BCUT2D eigenvalue weighted by Gasteiger charge is 2.35. The number of halogens is 1. The number of benzene rings is 1. The summed E-state index contributed by atoms with van der Waals surface area (Å²) in [5.74, 6) is -0.607. The smallest absolute Gasteiger partial charge is 0.267 e. The van der Waals surface area contributed by atoms with Crippen molar-refractivity contribution in [1.29, 1.82) is 0 Å². The van der Waals surface area contributed by atoms with Gasteiger partial charge in [-0.3, -0.25) is 10.0 Å². The van der Waals surface area contributed by atoms with Crippen LogP contribution >= 0.6 is 0 Å². The molecule has 2 aliphatic rings. The molecule has 1 aromatic rings. The summed E-state index contributed by atoms with van der Waals surface area (Å²) in [6, 6.07) is 2.38. The lowest BCUT2D eigenvalue weighted by Gasteiger charge is -2.28. The summed E-state index contributed by atoms with van der Waals surface area (Å²) in [5.41, 5.74) is 6.83. The molecule has 0 bridgehead atoms. The zero-order chi connectivity index (χ0) is 12.2. The second-order valence-corrected chi connectivity index (χ2v) is 4.70. The van der Waals surface area contributed by atoms with Crippen LogP contribution < -0.4 is 10.8 Å². The molecule has 3 rings (SSSR count). The number of carbonyl (C=O) groups is 1. The van der Waals surface area contributed by atoms with E-state index in [-0.39, 0.29) is 17.9 Å². The van der Waals surface area contributed by atoms with Crippen molar-refractivity contribution in [2.75, 3.05) is 5.06 Å². The molecular weight excluding hydrogens is 223 g/mol. The molecule has 1 aromatic carbocycles. The number of hydrogen-bond acceptors (Lipinski definition) is 3. The predicted molar refractivity (Wildman–Crippen MR) is 59.3 cm³/mol. The molecule has 17 heavy (non-hydrogen) atoms. The Hall–Kier alpha value is -1.46. The number of nitrogens with two attached hydrogens (primary N) is 1. The topological polar surface area (TPSA) is 66.6 Å². The number of anilines is 1. The molecule has 5 heteroatoms. The SMILES string of the molecule is N[C@H]1Cc2c(ccc(C3CC3)c2F)N(O)C1=O. The fourth-order valence-corrected chi connectivity index (χ4v) is 2.31. The molecule has 1 atom stereocenters. The lowest BCUT2D eigenvalue weighted by molar-refractivity contribution is -0.125. The van der Waals surface area contributed by atoms with E-state index < -0.39 is 11.9 Å². The molecule has 1 saturated carbocycles. The molecule has 0 spiro atoms. The van der Waals surface area contributed by atoms with Gasteiger partial charge in [0.15, 0.2) is 0 Å². The van der Waals surface area contributed by atoms with E-state index in [1.807, 2.05) is 0 Å². The van der Waals surface area contributed by atoms with Crippen LogP contribution in [0.2, 0.25) is 0 Å². The van der Waals surface area contributed by atoms with E-state index in [4.69, 9.17) is 5.73 Å². The summed E-state index contributed by atoms with van der Waals surface area (Å²) in [6.07, 6.45) is 2.16. The Balaban J connectivity index is 2.11. The minimum atomic E-state index is -0.864. The van der Waals surface area contributed by atoms with Crippen molar-refractivity contribution in [2.45, 2.75) is 31.2 Å². The first-order valence-corrected chi connectivity index (χ1v) is 5.69. The molecule has 0 saturated heterocycles. The Morgan fingerprint density at radius 3 is 2.76 bits per heavy atom. The van der Waals surface area contributed by atoms with Crippen molar-refractivity contribution in [3.63, 3.8) is 0 Å². The van der Waals surface area contributed by atoms with Gasteiger partial charge < -0.3 is 5.73 Å². The van der Waals surface area contributed by atoms with E-state index >= 15 is 0 Å². The third-order valence-electron chi connectivity index (χ3n) is 3.44. The second-order valence-electron chi connectivity index (χ2n) is 4.70. The first kappa shape index (κ1) is 10.7. The van der Waals surface area contributed by atoms with Gasteiger partial charge in [0.25, 0.3) is 5.91 Å². The van der Waals surface area contributed by atoms with Crippen molar-refractivity contribution >= 4 is 11.6 Å². The molecule has 0 radical (unpaired) electrons. The van der Waals surface area contributed by atoms with Gasteiger partial charge in [0, 0.05) is 12.0 Å². The van der Waals surface area contributed by atoms with E-state index in [9.17, 15) is 14.4 Å². The molecule has 1 aliphatic carbocycles. The average Bonchev–Trinajstić information content (AvgIpc) is 3.12. The Bertz CT molecular complexity index is 500. The van der Waals surface area contributed by atoms with Crippen LogP contribution in [0.1, 0.15) is 29.9 Å². The van der Waals surface area contributed by atoms with Gasteiger partial charge in [-0.05, 0) is 30.4 Å². The lowest BCUT2D eigenvalue weighted by Crippen LogP contribution is -2.47. The summed E-state index contributed by atoms with van der Waals surface area (Å²) in [7, 11) is 0. The number of hydrogen-bond donors (Lipinski definition) is 2. The van der Waals surface area contributed by atoms with Crippen LogP contribution in [0, 0.1) is 5.82 Å². The fraction of sp³-hybridized carbons (Fsp3) is 0.417. The summed E-state index contributed by atoms with van der Waals surface area (Å²) >= 11 is 0. The predicted octanol–water partition coefficient (Wildman–Crippen LogP) is 1.31. The molecule has 1 heterocycles. The van der Waals surface area contributed by atoms with Crippen LogP contribution in [0.5, 0.6) is 0 Å². The van der Waals surface area contributed by atoms with E-state index in [1.165, 1.54) is 0 Å². The van der Waals surface area contributed by atoms with Crippen LogP contribution in [-0.2, 0) is 11.2 Å². The first-order chi connectivity index (χ1) is 8.09. The number of amides is 1. The molecule has 90 valence electrons. The van der Waals surface area contributed by atoms with Gasteiger partial charge in [-0.1, -0.05) is 6.07 Å². The van der Waals surface area contributed by atoms with Gasteiger partial charge in [-0.2, -0.15) is 5.06 Å². The van der Waals surface area contributed by atoms with Crippen LogP contribution in [-0.4, -0.2) is 17.2 Å². The van der Waals surface area contributed by atoms with Gasteiger partial charge in [-0.15, -0.1) is 0 Å². The molecule has 4 nitrogen and oxygen atoms in total. The third kappa shape index (κ3) is 1.54.